The molecule has 2 heterocycles. The van der Waals surface area contributed by atoms with Crippen LogP contribution in [0.2, 0.25) is 0 Å². The number of ether oxygens (including phenoxy) is 1. The van der Waals surface area contributed by atoms with Crippen LogP contribution in [0.3, 0.4) is 0 Å². The largest absolute Gasteiger partial charge is 0.393 e. The van der Waals surface area contributed by atoms with Gasteiger partial charge in [-0.05, 0) is 93.0 Å². The number of terminal acetylenes is 1. The highest BCUT2D eigenvalue weighted by Crippen LogP contribution is 2.65. The van der Waals surface area contributed by atoms with E-state index in [-0.39, 0.29) is 17.1 Å². The Bertz CT molecular complexity index is 928. The predicted molar refractivity (Wildman–Crippen MR) is 132 cm³/mol. The maximum Gasteiger partial charge on any atom is 0.0937 e. The van der Waals surface area contributed by atoms with Gasteiger partial charge in [-0.3, -0.25) is 4.90 Å². The maximum atomic E-state index is 10.3. The van der Waals surface area contributed by atoms with Gasteiger partial charge in [0.2, 0.25) is 0 Å². The van der Waals surface area contributed by atoms with E-state index in [0.29, 0.717) is 24.0 Å². The fraction of sp³-hybridized carbons (Fsp3) is 0.800. The lowest BCUT2D eigenvalue weighted by Gasteiger charge is -2.49. The van der Waals surface area contributed by atoms with E-state index in [4.69, 9.17) is 11.2 Å². The Kier molecular flexibility index (Phi) is 5.23. The first-order chi connectivity index (χ1) is 15.8. The minimum absolute atomic E-state index is 0.0918. The fourth-order valence-electron chi connectivity index (χ4n) is 9.77. The molecule has 3 nitrogen and oxygen atoms in total. The molecular weight excluding hydrogens is 406 g/mol. The lowest BCUT2D eigenvalue weighted by atomic mass is 9.56. The summed E-state index contributed by atoms with van der Waals surface area (Å²) in [5, 5.41) is 10.3. The molecule has 10 atom stereocenters. The van der Waals surface area contributed by atoms with E-state index in [2.05, 4.69) is 44.6 Å². The van der Waals surface area contributed by atoms with Gasteiger partial charge in [0.05, 0.1) is 24.4 Å². The van der Waals surface area contributed by atoms with E-state index in [1.54, 1.807) is 16.7 Å². The van der Waals surface area contributed by atoms with Crippen LogP contribution in [0.4, 0.5) is 0 Å². The number of aliphatic hydroxyl groups is 1. The van der Waals surface area contributed by atoms with Crippen LogP contribution in [0.25, 0.3) is 0 Å². The van der Waals surface area contributed by atoms with Crippen molar-refractivity contribution in [2.24, 2.45) is 35.0 Å². The third-order valence-corrected chi connectivity index (χ3v) is 11.4. The molecule has 1 spiro atoms. The molecule has 1 N–H and O–H groups in total. The molecule has 180 valence electrons. The number of fused-ring (bicyclic) bond motifs is 6. The third kappa shape index (κ3) is 3.06. The molecule has 6 rings (SSSR count). The number of rotatable bonds is 1. The van der Waals surface area contributed by atoms with Crippen molar-refractivity contribution in [1.82, 2.24) is 4.90 Å². The van der Waals surface area contributed by atoms with E-state index < -0.39 is 0 Å². The molecular formula is C30H43NO2. The molecule has 6 aliphatic rings. The molecule has 0 aromatic rings. The first kappa shape index (κ1) is 22.4. The second-order valence-corrected chi connectivity index (χ2v) is 12.8. The van der Waals surface area contributed by atoms with E-state index >= 15 is 0 Å². The third-order valence-electron chi connectivity index (χ3n) is 11.4. The standard InChI is InChI=1S/C30H43NO2/c1-6-13-31-17-18(2)14-27-28(31)20(4)30(33-27)12-10-23-24-8-7-21-15-22(32)9-11-29(21,5)26(24)16-25(23)19(30)3/h1,7,18,20,22-24,26-28,32H,8-17H2,2-5H3/t18-,20+,22-,23-,24-,26-,27+,28-,29-,30-/m0/s1. The van der Waals surface area contributed by atoms with Crippen molar-refractivity contribution in [2.75, 3.05) is 13.1 Å². The van der Waals surface area contributed by atoms with Crippen molar-refractivity contribution >= 4 is 0 Å². The SMILES string of the molecule is C#CCN1C[C@@H](C)C[C@H]2O[C@]3(CC[C@@H]4C(=C3C)C[C@H]3[C@H]4CC=C4C[C@@H](O)CC[C@@]43C)[C@H](C)[C@@H]21. The first-order valence-corrected chi connectivity index (χ1v) is 13.7. The molecule has 0 unspecified atom stereocenters. The van der Waals surface area contributed by atoms with Crippen LogP contribution >= 0.6 is 0 Å². The molecule has 0 aromatic heterocycles. The van der Waals surface area contributed by atoms with Crippen molar-refractivity contribution in [3.05, 3.63) is 22.8 Å². The van der Waals surface area contributed by atoms with E-state index in [0.717, 1.165) is 50.1 Å². The molecule has 0 radical (unpaired) electrons. The molecule has 4 fully saturated rings. The minimum Gasteiger partial charge on any atom is -0.393 e. The van der Waals surface area contributed by atoms with Gasteiger partial charge in [-0.1, -0.05) is 43.9 Å². The van der Waals surface area contributed by atoms with E-state index in [1.165, 1.54) is 32.1 Å². The summed E-state index contributed by atoms with van der Waals surface area (Å²) in [5.41, 5.74) is 5.09. The normalized spacial score (nSPS) is 51.5. The monoisotopic (exact) mass is 449 g/mol. The average molecular weight is 450 g/mol. The maximum absolute atomic E-state index is 10.3. The Balaban J connectivity index is 1.33. The van der Waals surface area contributed by atoms with Crippen LogP contribution in [0, 0.1) is 47.3 Å². The summed E-state index contributed by atoms with van der Waals surface area (Å²) in [4.78, 5) is 2.56. The summed E-state index contributed by atoms with van der Waals surface area (Å²) in [6, 6.07) is 0.457. The Hall–Kier alpha value is -1.08. The lowest BCUT2D eigenvalue weighted by molar-refractivity contribution is -0.0637. The van der Waals surface area contributed by atoms with Gasteiger partial charge in [-0.15, -0.1) is 6.42 Å². The van der Waals surface area contributed by atoms with Crippen molar-refractivity contribution in [3.63, 3.8) is 0 Å². The quantitative estimate of drug-likeness (QED) is 0.433. The van der Waals surface area contributed by atoms with Crippen molar-refractivity contribution in [3.8, 4) is 12.3 Å². The number of hydrogen-bond acceptors (Lipinski definition) is 3. The van der Waals surface area contributed by atoms with Crippen LogP contribution in [-0.2, 0) is 4.74 Å². The molecule has 2 saturated heterocycles. The Morgan fingerprint density at radius 2 is 2.06 bits per heavy atom. The van der Waals surface area contributed by atoms with Gasteiger partial charge in [-0.25, -0.2) is 0 Å². The number of aliphatic hydroxyl groups excluding tert-OH is 1. The number of likely N-dealkylation sites (tertiary alicyclic amines) is 1. The zero-order valence-corrected chi connectivity index (χ0v) is 21.1. The Morgan fingerprint density at radius 3 is 2.85 bits per heavy atom. The number of piperidine rings is 1. The summed E-state index contributed by atoms with van der Waals surface area (Å²) in [7, 11) is 0. The summed E-state index contributed by atoms with van der Waals surface area (Å²) in [6.07, 6.45) is 17.6. The van der Waals surface area contributed by atoms with E-state index in [1.807, 2.05) is 0 Å². The van der Waals surface area contributed by atoms with Gasteiger partial charge in [0.25, 0.3) is 0 Å². The average Bonchev–Trinajstić information content (AvgIpc) is 3.29. The van der Waals surface area contributed by atoms with Gasteiger partial charge >= 0.3 is 0 Å². The predicted octanol–water partition coefficient (Wildman–Crippen LogP) is 5.35. The summed E-state index contributed by atoms with van der Waals surface area (Å²) in [6.45, 7) is 11.6. The van der Waals surface area contributed by atoms with Crippen LogP contribution in [0.5, 0.6) is 0 Å². The molecule has 2 aliphatic heterocycles. The molecule has 2 saturated carbocycles. The van der Waals surface area contributed by atoms with Crippen molar-refractivity contribution in [2.45, 2.75) is 103 Å². The van der Waals surface area contributed by atoms with Gasteiger partial charge in [-0.2, -0.15) is 0 Å². The summed E-state index contributed by atoms with van der Waals surface area (Å²) < 4.78 is 7.16. The second kappa shape index (κ2) is 7.71. The highest BCUT2D eigenvalue weighted by Gasteiger charge is 2.61. The molecule has 4 aliphatic carbocycles. The molecule has 0 aromatic carbocycles. The highest BCUT2D eigenvalue weighted by atomic mass is 16.5. The van der Waals surface area contributed by atoms with E-state index in [9.17, 15) is 5.11 Å². The lowest BCUT2D eigenvalue weighted by Crippen LogP contribution is -2.52. The van der Waals surface area contributed by atoms with Gasteiger partial charge in [0, 0.05) is 18.5 Å². The Morgan fingerprint density at radius 1 is 1.24 bits per heavy atom. The van der Waals surface area contributed by atoms with Crippen molar-refractivity contribution < 1.29 is 9.84 Å². The number of nitrogens with zero attached hydrogens (tertiary/aromatic N) is 1. The Labute approximate surface area is 201 Å². The smallest absolute Gasteiger partial charge is 0.0937 e. The van der Waals surface area contributed by atoms with Crippen LogP contribution < -0.4 is 0 Å². The highest BCUT2D eigenvalue weighted by molar-refractivity contribution is 5.38. The summed E-state index contributed by atoms with van der Waals surface area (Å²) in [5.74, 6) is 6.34. The van der Waals surface area contributed by atoms with Gasteiger partial charge < -0.3 is 9.84 Å². The molecule has 33 heavy (non-hydrogen) atoms. The molecule has 0 bridgehead atoms. The van der Waals surface area contributed by atoms with Crippen LogP contribution in [0.1, 0.15) is 79.1 Å². The minimum atomic E-state index is -0.127. The second-order valence-electron chi connectivity index (χ2n) is 12.8. The first-order valence-electron chi connectivity index (χ1n) is 13.7. The zero-order valence-electron chi connectivity index (χ0n) is 21.1. The van der Waals surface area contributed by atoms with Crippen molar-refractivity contribution in [1.29, 1.82) is 0 Å². The van der Waals surface area contributed by atoms with Crippen LogP contribution in [-0.4, -0.2) is 46.9 Å². The topological polar surface area (TPSA) is 32.7 Å². The summed E-state index contributed by atoms with van der Waals surface area (Å²) >= 11 is 0. The molecule has 0 amide bonds. The van der Waals surface area contributed by atoms with Crippen LogP contribution in [0.15, 0.2) is 22.8 Å². The number of hydrogen-bond donors (Lipinski definition) is 1. The fourth-order valence-corrected chi connectivity index (χ4v) is 9.77. The number of allylic oxidation sites excluding steroid dienone is 2. The zero-order chi connectivity index (χ0) is 23.1. The molecule has 3 heteroatoms. The van der Waals surface area contributed by atoms with Gasteiger partial charge in [0.15, 0.2) is 0 Å². The van der Waals surface area contributed by atoms with Gasteiger partial charge in [0.1, 0.15) is 0 Å².